The molecule has 3 aromatic rings. The highest BCUT2D eigenvalue weighted by Gasteiger charge is 2.21. The molecule has 1 aromatic heterocycles. The van der Waals surface area contributed by atoms with Gasteiger partial charge in [0.25, 0.3) is 0 Å². The third kappa shape index (κ3) is 3.93. The van der Waals surface area contributed by atoms with Gasteiger partial charge in [-0.3, -0.25) is 0 Å². The minimum atomic E-state index is -3.72. The highest BCUT2D eigenvalue weighted by Crippen LogP contribution is 2.32. The molecule has 28 heavy (non-hydrogen) atoms. The first-order valence-electron chi connectivity index (χ1n) is 8.51. The number of halogens is 3. The van der Waals surface area contributed by atoms with Crippen molar-refractivity contribution in [3.05, 3.63) is 58.7 Å². The van der Waals surface area contributed by atoms with Gasteiger partial charge in [-0.25, -0.2) is 13.4 Å². The van der Waals surface area contributed by atoms with E-state index in [9.17, 15) is 8.42 Å². The van der Waals surface area contributed by atoms with Gasteiger partial charge in [-0.1, -0.05) is 29.3 Å². The lowest BCUT2D eigenvalue weighted by atomic mass is 10.1. The van der Waals surface area contributed by atoms with Crippen molar-refractivity contribution in [2.45, 2.75) is 9.79 Å². The molecule has 0 spiro atoms. The van der Waals surface area contributed by atoms with Crippen LogP contribution in [-0.2, 0) is 9.84 Å². The van der Waals surface area contributed by atoms with Crippen molar-refractivity contribution in [3.8, 4) is 0 Å². The molecule has 0 atom stereocenters. The molecule has 2 heterocycles. The molecule has 1 aliphatic heterocycles. The summed E-state index contributed by atoms with van der Waals surface area (Å²) in [5.74, 6) is 0.806. The molecule has 0 amide bonds. The zero-order chi connectivity index (χ0) is 19.0. The quantitative estimate of drug-likeness (QED) is 0.637. The Hall–Kier alpha value is -1.57. The fraction of sp³-hybridized carbons (Fsp3) is 0.211. The lowest BCUT2D eigenvalue weighted by Gasteiger charge is -2.29. The molecule has 0 bridgehead atoms. The Morgan fingerprint density at radius 2 is 1.61 bits per heavy atom. The van der Waals surface area contributed by atoms with Crippen LogP contribution in [0.5, 0.6) is 0 Å². The summed E-state index contributed by atoms with van der Waals surface area (Å²) in [7, 11) is -3.72. The smallest absolute Gasteiger partial charge is 0.206 e. The lowest BCUT2D eigenvalue weighted by molar-refractivity contribution is 0.586. The molecule has 0 radical (unpaired) electrons. The molecule has 9 heteroatoms. The Morgan fingerprint density at radius 3 is 2.32 bits per heavy atom. The van der Waals surface area contributed by atoms with Crippen LogP contribution in [-0.4, -0.2) is 39.6 Å². The van der Waals surface area contributed by atoms with E-state index in [1.54, 1.807) is 18.3 Å². The molecule has 148 valence electrons. The Labute approximate surface area is 180 Å². The summed E-state index contributed by atoms with van der Waals surface area (Å²) in [6, 6.07) is 11.3. The molecule has 0 unspecified atom stereocenters. The second-order valence-electron chi connectivity index (χ2n) is 6.33. The number of nitrogens with zero attached hydrogens (tertiary/aromatic N) is 2. The highest BCUT2D eigenvalue weighted by molar-refractivity contribution is 7.91. The maximum absolute atomic E-state index is 13.1. The molecule has 5 nitrogen and oxygen atoms in total. The third-order valence-electron chi connectivity index (χ3n) is 4.64. The summed E-state index contributed by atoms with van der Waals surface area (Å²) < 4.78 is 26.2. The van der Waals surface area contributed by atoms with E-state index in [-0.39, 0.29) is 27.2 Å². The predicted molar refractivity (Wildman–Crippen MR) is 116 cm³/mol. The number of sulfone groups is 1. The molecular formula is C19H18Cl3N3O2S. The van der Waals surface area contributed by atoms with Gasteiger partial charge in [0.2, 0.25) is 9.84 Å². The minimum Gasteiger partial charge on any atom is -0.354 e. The van der Waals surface area contributed by atoms with E-state index in [1.807, 2.05) is 12.1 Å². The molecule has 1 fully saturated rings. The Bertz CT molecular complexity index is 1120. The van der Waals surface area contributed by atoms with E-state index in [0.29, 0.717) is 5.02 Å². The van der Waals surface area contributed by atoms with Gasteiger partial charge in [-0.15, -0.1) is 12.4 Å². The molecule has 0 aliphatic carbocycles. The second-order valence-corrected chi connectivity index (χ2v) is 9.10. The van der Waals surface area contributed by atoms with Crippen molar-refractivity contribution < 1.29 is 8.42 Å². The molecule has 1 aliphatic rings. The van der Waals surface area contributed by atoms with Crippen molar-refractivity contribution in [2.24, 2.45) is 0 Å². The van der Waals surface area contributed by atoms with Gasteiger partial charge in [0.1, 0.15) is 5.82 Å². The molecule has 0 saturated carbocycles. The van der Waals surface area contributed by atoms with Gasteiger partial charge < -0.3 is 10.2 Å². The van der Waals surface area contributed by atoms with Crippen LogP contribution in [0.3, 0.4) is 0 Å². The maximum Gasteiger partial charge on any atom is 0.206 e. The van der Waals surface area contributed by atoms with Crippen LogP contribution >= 0.6 is 35.6 Å². The van der Waals surface area contributed by atoms with E-state index in [2.05, 4.69) is 15.2 Å². The third-order valence-corrected chi connectivity index (χ3v) is 7.13. The number of aromatic nitrogens is 1. The second kappa shape index (κ2) is 8.43. The number of fused-ring (bicyclic) bond motifs is 1. The molecule has 2 aromatic carbocycles. The number of rotatable bonds is 3. The number of anilines is 1. The van der Waals surface area contributed by atoms with E-state index in [1.165, 1.54) is 18.2 Å². The van der Waals surface area contributed by atoms with Gasteiger partial charge in [-0.05, 0) is 41.8 Å². The van der Waals surface area contributed by atoms with Crippen LogP contribution in [0.2, 0.25) is 10.0 Å². The first-order chi connectivity index (χ1) is 13.0. The van der Waals surface area contributed by atoms with E-state index in [0.717, 1.165) is 42.8 Å². The fourth-order valence-corrected chi connectivity index (χ4v) is 4.88. The lowest BCUT2D eigenvalue weighted by Crippen LogP contribution is -2.43. The zero-order valence-electron chi connectivity index (χ0n) is 14.7. The van der Waals surface area contributed by atoms with Gasteiger partial charge in [-0.2, -0.15) is 0 Å². The first kappa shape index (κ1) is 21.1. The molecule has 1 saturated heterocycles. The fourth-order valence-electron chi connectivity index (χ4n) is 3.21. The van der Waals surface area contributed by atoms with Crippen molar-refractivity contribution in [2.75, 3.05) is 31.1 Å². The van der Waals surface area contributed by atoms with Crippen LogP contribution in [0.15, 0.2) is 58.5 Å². The predicted octanol–water partition coefficient (Wildman–Crippen LogP) is 4.21. The number of hydrogen-bond donors (Lipinski definition) is 1. The summed E-state index contributed by atoms with van der Waals surface area (Å²) >= 11 is 11.9. The first-order valence-corrected chi connectivity index (χ1v) is 10.8. The van der Waals surface area contributed by atoms with Crippen molar-refractivity contribution in [1.29, 1.82) is 0 Å². The standard InChI is InChI=1S/C19H17Cl2N3O2S.ClH/c20-17-4-3-15(12-18(17)21)27(25,26)14-2-1-13-5-6-23-19(16(13)11-14)24-9-7-22-8-10-24;/h1-6,11-12,22H,7-10H2;1H. The number of pyridine rings is 1. The summed E-state index contributed by atoms with van der Waals surface area (Å²) in [6.45, 7) is 3.41. The largest absolute Gasteiger partial charge is 0.354 e. The normalized spacial score (nSPS) is 14.7. The average molecular weight is 459 g/mol. The van der Waals surface area contributed by atoms with Crippen LogP contribution in [0.25, 0.3) is 10.8 Å². The van der Waals surface area contributed by atoms with Crippen LogP contribution in [0.4, 0.5) is 5.82 Å². The van der Waals surface area contributed by atoms with Gasteiger partial charge >= 0.3 is 0 Å². The van der Waals surface area contributed by atoms with Crippen LogP contribution in [0, 0.1) is 0 Å². The topological polar surface area (TPSA) is 62.3 Å². The summed E-state index contributed by atoms with van der Waals surface area (Å²) in [5, 5.41) is 5.61. The van der Waals surface area contributed by atoms with Crippen LogP contribution < -0.4 is 10.2 Å². The summed E-state index contributed by atoms with van der Waals surface area (Å²) in [5.41, 5.74) is 0. The molecule has 4 rings (SSSR count). The zero-order valence-corrected chi connectivity index (χ0v) is 17.9. The maximum atomic E-state index is 13.1. The monoisotopic (exact) mass is 457 g/mol. The Balaban J connectivity index is 0.00000225. The SMILES string of the molecule is Cl.O=S(=O)(c1ccc(Cl)c(Cl)c1)c1ccc2ccnc(N3CCNCC3)c2c1. The van der Waals surface area contributed by atoms with Crippen molar-refractivity contribution >= 4 is 62.0 Å². The van der Waals surface area contributed by atoms with Crippen molar-refractivity contribution in [3.63, 3.8) is 0 Å². The Morgan fingerprint density at radius 1 is 0.929 bits per heavy atom. The Kier molecular flexibility index (Phi) is 6.37. The van der Waals surface area contributed by atoms with Gasteiger partial charge in [0.05, 0.1) is 19.8 Å². The molecule has 1 N–H and O–H groups in total. The number of hydrogen-bond acceptors (Lipinski definition) is 5. The average Bonchev–Trinajstić information content (AvgIpc) is 2.69. The van der Waals surface area contributed by atoms with Crippen molar-refractivity contribution in [1.82, 2.24) is 10.3 Å². The van der Waals surface area contributed by atoms with Gasteiger partial charge in [0, 0.05) is 37.8 Å². The number of piperazine rings is 1. The summed E-state index contributed by atoms with van der Waals surface area (Å²) in [4.78, 5) is 7.01. The van der Waals surface area contributed by atoms with E-state index >= 15 is 0 Å². The highest BCUT2D eigenvalue weighted by atomic mass is 35.5. The number of benzene rings is 2. The minimum absolute atomic E-state index is 0. The van der Waals surface area contributed by atoms with Gasteiger partial charge in [0.15, 0.2) is 0 Å². The van der Waals surface area contributed by atoms with Crippen LogP contribution in [0.1, 0.15) is 0 Å². The number of nitrogens with one attached hydrogen (secondary N) is 1. The van der Waals surface area contributed by atoms with E-state index < -0.39 is 9.84 Å². The molecular weight excluding hydrogens is 441 g/mol. The van der Waals surface area contributed by atoms with E-state index in [4.69, 9.17) is 23.2 Å². The summed E-state index contributed by atoms with van der Waals surface area (Å²) in [6.07, 6.45) is 1.76.